The van der Waals surface area contributed by atoms with Crippen LogP contribution in [0.5, 0.6) is 11.5 Å². The fourth-order valence-corrected chi connectivity index (χ4v) is 4.80. The molecule has 0 radical (unpaired) electrons. The number of amides is 4. The first-order chi connectivity index (χ1) is 18.2. The molecule has 1 N–H and O–H groups in total. The van der Waals surface area contributed by atoms with Crippen LogP contribution in [-0.4, -0.2) is 79.3 Å². The summed E-state index contributed by atoms with van der Waals surface area (Å²) in [5, 5.41) is 2.59. The molecule has 2 aromatic rings. The summed E-state index contributed by atoms with van der Waals surface area (Å²) in [5.74, 6) is -0.513. The highest BCUT2D eigenvalue weighted by atomic mass is 35.5. The van der Waals surface area contributed by atoms with Crippen LogP contribution in [0, 0.1) is 6.92 Å². The third-order valence-electron chi connectivity index (χ3n) is 5.85. The summed E-state index contributed by atoms with van der Waals surface area (Å²) in [7, 11) is 1.46. The molecular formula is C26H26ClN3O7S. The molecule has 0 saturated carbocycles. The summed E-state index contributed by atoms with van der Waals surface area (Å²) < 4.78 is 16.3. The first-order valence-electron chi connectivity index (χ1n) is 11.7. The average molecular weight is 560 g/mol. The smallest absolute Gasteiger partial charge is 0.294 e. The molecule has 0 aliphatic carbocycles. The molecule has 4 amide bonds. The van der Waals surface area contributed by atoms with E-state index in [9.17, 15) is 19.2 Å². The standard InChI is InChI=1S/C26H26ClN3O7S/c1-16-3-5-18(27)13-19(16)28-23(31)14-30-25(33)22(38-26(30)34)12-17-4-6-20(21(11-17)35-2)37-15-24(32)29-7-9-36-10-8-29/h3-6,11-13H,7-10,14-15H2,1-2H3,(H,28,31)/b22-12-. The highest BCUT2D eigenvalue weighted by Gasteiger charge is 2.36. The van der Waals surface area contributed by atoms with Crippen LogP contribution in [0.25, 0.3) is 6.08 Å². The number of hydrogen-bond acceptors (Lipinski definition) is 8. The fraction of sp³-hybridized carbons (Fsp3) is 0.308. The molecule has 0 atom stereocenters. The number of thioether (sulfide) groups is 1. The highest BCUT2D eigenvalue weighted by molar-refractivity contribution is 8.18. The summed E-state index contributed by atoms with van der Waals surface area (Å²) >= 11 is 6.73. The number of morpholine rings is 1. The van der Waals surface area contributed by atoms with Crippen molar-refractivity contribution in [2.24, 2.45) is 0 Å². The first kappa shape index (κ1) is 27.5. The van der Waals surface area contributed by atoms with Gasteiger partial charge in [0.05, 0.1) is 25.2 Å². The maximum absolute atomic E-state index is 12.9. The van der Waals surface area contributed by atoms with Crippen LogP contribution in [0.1, 0.15) is 11.1 Å². The van der Waals surface area contributed by atoms with Crippen LogP contribution >= 0.6 is 23.4 Å². The fourth-order valence-electron chi connectivity index (χ4n) is 3.79. The summed E-state index contributed by atoms with van der Waals surface area (Å²) in [4.78, 5) is 53.0. The number of nitrogens with one attached hydrogen (secondary N) is 1. The maximum Gasteiger partial charge on any atom is 0.294 e. The lowest BCUT2D eigenvalue weighted by Gasteiger charge is -2.26. The largest absolute Gasteiger partial charge is 0.493 e. The Bertz CT molecular complexity index is 1290. The predicted molar refractivity (Wildman–Crippen MR) is 143 cm³/mol. The molecule has 0 spiro atoms. The van der Waals surface area contributed by atoms with Gasteiger partial charge in [0.2, 0.25) is 5.91 Å². The zero-order valence-corrected chi connectivity index (χ0v) is 22.4. The maximum atomic E-state index is 12.9. The Labute approximate surface area is 228 Å². The van der Waals surface area contributed by atoms with Crippen molar-refractivity contribution >= 4 is 58.1 Å². The third-order valence-corrected chi connectivity index (χ3v) is 6.99. The Kier molecular flexibility index (Phi) is 8.93. The number of halogens is 1. The van der Waals surface area contributed by atoms with E-state index in [4.69, 9.17) is 25.8 Å². The first-order valence-corrected chi connectivity index (χ1v) is 12.9. The van der Waals surface area contributed by atoms with E-state index in [1.807, 2.05) is 0 Å². The van der Waals surface area contributed by atoms with Crippen molar-refractivity contribution in [3.63, 3.8) is 0 Å². The molecule has 2 aliphatic heterocycles. The zero-order chi connectivity index (χ0) is 27.2. The van der Waals surface area contributed by atoms with Crippen molar-refractivity contribution < 1.29 is 33.4 Å². The van der Waals surface area contributed by atoms with Crippen molar-refractivity contribution in [3.8, 4) is 11.5 Å². The minimum absolute atomic E-state index is 0.147. The third kappa shape index (κ3) is 6.66. The van der Waals surface area contributed by atoms with Gasteiger partial charge in [0.1, 0.15) is 6.54 Å². The lowest BCUT2D eigenvalue weighted by Crippen LogP contribution is -2.43. The van der Waals surface area contributed by atoms with Gasteiger partial charge in [-0.1, -0.05) is 23.7 Å². The molecular weight excluding hydrogens is 534 g/mol. The van der Waals surface area contributed by atoms with Gasteiger partial charge >= 0.3 is 0 Å². The molecule has 0 bridgehead atoms. The molecule has 200 valence electrons. The van der Waals surface area contributed by atoms with Crippen LogP contribution in [0.3, 0.4) is 0 Å². The quantitative estimate of drug-likeness (QED) is 0.488. The molecule has 2 aliphatic rings. The highest BCUT2D eigenvalue weighted by Crippen LogP contribution is 2.34. The Balaban J connectivity index is 1.39. The number of aryl methyl sites for hydroxylation is 1. The van der Waals surface area contributed by atoms with Gasteiger partial charge in [0.15, 0.2) is 18.1 Å². The number of carbonyl (C=O) groups is 4. The van der Waals surface area contributed by atoms with E-state index in [1.54, 1.807) is 48.2 Å². The number of hydrogen-bond donors (Lipinski definition) is 1. The average Bonchev–Trinajstić information content (AvgIpc) is 3.17. The Morgan fingerprint density at radius 2 is 1.89 bits per heavy atom. The second kappa shape index (κ2) is 12.3. The second-order valence-electron chi connectivity index (χ2n) is 8.47. The summed E-state index contributed by atoms with van der Waals surface area (Å²) in [6, 6.07) is 10.0. The predicted octanol–water partition coefficient (Wildman–Crippen LogP) is 3.57. The van der Waals surface area contributed by atoms with E-state index in [2.05, 4.69) is 5.32 Å². The summed E-state index contributed by atoms with van der Waals surface area (Å²) in [5.41, 5.74) is 1.88. The van der Waals surface area contributed by atoms with Gasteiger partial charge in [-0.05, 0) is 60.2 Å². The van der Waals surface area contributed by atoms with Crippen LogP contribution in [-0.2, 0) is 19.1 Å². The van der Waals surface area contributed by atoms with Gasteiger partial charge in [0.25, 0.3) is 17.1 Å². The van der Waals surface area contributed by atoms with E-state index >= 15 is 0 Å². The molecule has 0 unspecified atom stereocenters. The van der Waals surface area contributed by atoms with Gasteiger partial charge in [-0.3, -0.25) is 24.1 Å². The molecule has 38 heavy (non-hydrogen) atoms. The molecule has 12 heteroatoms. The molecule has 2 heterocycles. The van der Waals surface area contributed by atoms with Gasteiger partial charge < -0.3 is 24.4 Å². The number of nitrogens with zero attached hydrogens (tertiary/aromatic N) is 2. The lowest BCUT2D eigenvalue weighted by atomic mass is 10.2. The Morgan fingerprint density at radius 1 is 1.13 bits per heavy atom. The number of imide groups is 1. The van der Waals surface area contributed by atoms with Crippen LogP contribution < -0.4 is 14.8 Å². The van der Waals surface area contributed by atoms with E-state index in [0.717, 1.165) is 22.2 Å². The van der Waals surface area contributed by atoms with Crippen molar-refractivity contribution in [2.75, 3.05) is 51.9 Å². The minimum Gasteiger partial charge on any atom is -0.493 e. The van der Waals surface area contributed by atoms with Crippen molar-refractivity contribution in [2.45, 2.75) is 6.92 Å². The number of benzene rings is 2. The van der Waals surface area contributed by atoms with Crippen LogP contribution in [0.15, 0.2) is 41.3 Å². The van der Waals surface area contributed by atoms with E-state index < -0.39 is 23.6 Å². The number of carbonyl (C=O) groups excluding carboxylic acids is 4. The number of methoxy groups -OCH3 is 1. The SMILES string of the molecule is COc1cc(/C=C2\SC(=O)N(CC(=O)Nc3cc(Cl)ccc3C)C2=O)ccc1OCC(=O)N1CCOCC1. The Hall–Kier alpha value is -3.54. The summed E-state index contributed by atoms with van der Waals surface area (Å²) in [6.45, 7) is 3.28. The molecule has 2 saturated heterocycles. The molecule has 2 aromatic carbocycles. The van der Waals surface area contributed by atoms with Crippen molar-refractivity contribution in [1.29, 1.82) is 0 Å². The number of anilines is 1. The Morgan fingerprint density at radius 3 is 2.63 bits per heavy atom. The van der Waals surface area contributed by atoms with Gasteiger partial charge in [-0.15, -0.1) is 0 Å². The molecule has 2 fully saturated rings. The van der Waals surface area contributed by atoms with E-state index in [1.165, 1.54) is 13.2 Å². The van der Waals surface area contributed by atoms with Crippen LogP contribution in [0.2, 0.25) is 5.02 Å². The van der Waals surface area contributed by atoms with Gasteiger partial charge in [0, 0.05) is 23.8 Å². The van der Waals surface area contributed by atoms with Crippen LogP contribution in [0.4, 0.5) is 10.5 Å². The minimum atomic E-state index is -0.576. The molecule has 0 aromatic heterocycles. The van der Waals surface area contributed by atoms with E-state index in [-0.39, 0.29) is 17.4 Å². The molecule has 4 rings (SSSR count). The topological polar surface area (TPSA) is 114 Å². The molecule has 10 nitrogen and oxygen atoms in total. The van der Waals surface area contributed by atoms with Gasteiger partial charge in [-0.2, -0.15) is 0 Å². The number of rotatable bonds is 8. The van der Waals surface area contributed by atoms with Gasteiger partial charge in [-0.25, -0.2) is 0 Å². The monoisotopic (exact) mass is 559 g/mol. The summed E-state index contributed by atoms with van der Waals surface area (Å²) in [6.07, 6.45) is 1.54. The van der Waals surface area contributed by atoms with E-state index in [0.29, 0.717) is 54.1 Å². The zero-order valence-electron chi connectivity index (χ0n) is 20.8. The number of ether oxygens (including phenoxy) is 3. The van der Waals surface area contributed by atoms with Crippen molar-refractivity contribution in [1.82, 2.24) is 9.80 Å². The normalized spacial score (nSPS) is 16.7. The lowest BCUT2D eigenvalue weighted by molar-refractivity contribution is -0.137. The second-order valence-corrected chi connectivity index (χ2v) is 9.90. The van der Waals surface area contributed by atoms with Crippen molar-refractivity contribution in [3.05, 3.63) is 57.5 Å².